The first-order valence-corrected chi connectivity index (χ1v) is 5.53. The maximum absolute atomic E-state index is 11.4. The van der Waals surface area contributed by atoms with Crippen molar-refractivity contribution in [2.24, 2.45) is 0 Å². The second-order valence-electron chi connectivity index (χ2n) is 3.52. The Bertz CT molecular complexity index is 526. The van der Waals surface area contributed by atoms with Crippen LogP contribution >= 0.6 is 11.3 Å². The predicted octanol–water partition coefficient (Wildman–Crippen LogP) is 3.42. The fourth-order valence-electron chi connectivity index (χ4n) is 1.62. The molecule has 0 fully saturated rings. The zero-order chi connectivity index (χ0) is 11.0. The van der Waals surface area contributed by atoms with E-state index in [1.807, 2.05) is 19.1 Å². The molecule has 15 heavy (non-hydrogen) atoms. The van der Waals surface area contributed by atoms with Crippen LogP contribution in [0.25, 0.3) is 10.1 Å². The zero-order valence-corrected chi connectivity index (χ0v) is 9.77. The molecule has 78 valence electrons. The highest BCUT2D eigenvalue weighted by molar-refractivity contribution is 7.21. The van der Waals surface area contributed by atoms with Crippen molar-refractivity contribution in [3.63, 3.8) is 0 Å². The molecular weight excluding hydrogens is 208 g/mol. The van der Waals surface area contributed by atoms with E-state index in [1.54, 1.807) is 14.0 Å². The third kappa shape index (κ3) is 1.63. The van der Waals surface area contributed by atoms with Crippen LogP contribution in [-0.2, 0) is 0 Å². The number of ketones is 1. The van der Waals surface area contributed by atoms with Gasteiger partial charge in [-0.2, -0.15) is 0 Å². The maximum atomic E-state index is 11.4. The van der Waals surface area contributed by atoms with Crippen molar-refractivity contribution in [1.82, 2.24) is 0 Å². The van der Waals surface area contributed by atoms with Crippen LogP contribution in [0.15, 0.2) is 18.2 Å². The van der Waals surface area contributed by atoms with Crippen LogP contribution in [-0.4, -0.2) is 12.9 Å². The monoisotopic (exact) mass is 220 g/mol. The molecule has 0 aliphatic carbocycles. The summed E-state index contributed by atoms with van der Waals surface area (Å²) in [4.78, 5) is 12.1. The first-order chi connectivity index (χ1) is 7.13. The Balaban J connectivity index is 2.79. The Labute approximate surface area is 92.5 Å². The van der Waals surface area contributed by atoms with Crippen molar-refractivity contribution < 1.29 is 9.53 Å². The standard InChI is InChI=1S/C12H12O2S/c1-7-4-5-10-9(6-7)11(14-3)12(15-10)8(2)13/h4-6H,1-3H3. The average molecular weight is 220 g/mol. The predicted molar refractivity (Wildman–Crippen MR) is 63.1 cm³/mol. The van der Waals surface area contributed by atoms with Gasteiger partial charge in [-0.15, -0.1) is 11.3 Å². The van der Waals surface area contributed by atoms with E-state index in [0.717, 1.165) is 10.1 Å². The Morgan fingerprint density at radius 2 is 2.13 bits per heavy atom. The number of ether oxygens (including phenoxy) is 1. The SMILES string of the molecule is COc1c(C(C)=O)sc2ccc(C)cc12. The van der Waals surface area contributed by atoms with E-state index in [-0.39, 0.29) is 5.78 Å². The number of Topliss-reactive ketones (excluding diaryl/α,β-unsaturated/α-hetero) is 1. The summed E-state index contributed by atoms with van der Waals surface area (Å²) in [6, 6.07) is 6.13. The third-order valence-corrected chi connectivity index (χ3v) is 3.57. The van der Waals surface area contributed by atoms with Crippen LogP contribution in [0.2, 0.25) is 0 Å². The number of carbonyl (C=O) groups is 1. The van der Waals surface area contributed by atoms with Gasteiger partial charge in [0.2, 0.25) is 0 Å². The summed E-state index contributed by atoms with van der Waals surface area (Å²) in [6.45, 7) is 3.60. The number of fused-ring (bicyclic) bond motifs is 1. The number of hydrogen-bond donors (Lipinski definition) is 0. The van der Waals surface area contributed by atoms with E-state index >= 15 is 0 Å². The van der Waals surface area contributed by atoms with E-state index < -0.39 is 0 Å². The number of rotatable bonds is 2. The van der Waals surface area contributed by atoms with Crippen LogP contribution < -0.4 is 4.74 Å². The molecular formula is C12H12O2S. The summed E-state index contributed by atoms with van der Waals surface area (Å²) in [5.74, 6) is 0.775. The minimum atomic E-state index is 0.0608. The summed E-state index contributed by atoms with van der Waals surface area (Å²) >= 11 is 1.49. The van der Waals surface area contributed by atoms with Gasteiger partial charge in [-0.25, -0.2) is 0 Å². The molecule has 0 spiro atoms. The fraction of sp³-hybridized carbons (Fsp3) is 0.250. The van der Waals surface area contributed by atoms with Gasteiger partial charge in [0.15, 0.2) is 5.78 Å². The largest absolute Gasteiger partial charge is 0.494 e. The molecule has 1 aromatic carbocycles. The van der Waals surface area contributed by atoms with Gasteiger partial charge in [-0.1, -0.05) is 11.6 Å². The summed E-state index contributed by atoms with van der Waals surface area (Å²) in [5, 5.41) is 1.03. The van der Waals surface area contributed by atoms with Crippen molar-refractivity contribution >= 4 is 27.2 Å². The molecule has 1 aromatic heterocycles. The fourth-order valence-corrected chi connectivity index (χ4v) is 2.67. The van der Waals surface area contributed by atoms with E-state index in [9.17, 15) is 4.79 Å². The topological polar surface area (TPSA) is 26.3 Å². The second-order valence-corrected chi connectivity index (χ2v) is 4.57. The van der Waals surface area contributed by atoms with Gasteiger partial charge in [0, 0.05) is 17.0 Å². The minimum absolute atomic E-state index is 0.0608. The summed E-state index contributed by atoms with van der Waals surface area (Å²) in [5.41, 5.74) is 1.17. The summed E-state index contributed by atoms with van der Waals surface area (Å²) < 4.78 is 6.40. The molecule has 0 aliphatic rings. The van der Waals surface area contributed by atoms with Crippen molar-refractivity contribution in [3.05, 3.63) is 28.6 Å². The van der Waals surface area contributed by atoms with Gasteiger partial charge in [0.05, 0.1) is 7.11 Å². The molecule has 1 heterocycles. The number of hydrogen-bond acceptors (Lipinski definition) is 3. The lowest BCUT2D eigenvalue weighted by molar-refractivity contribution is 0.101. The lowest BCUT2D eigenvalue weighted by atomic mass is 10.1. The van der Waals surface area contributed by atoms with Crippen LogP contribution in [0.5, 0.6) is 5.75 Å². The Morgan fingerprint density at radius 3 is 2.73 bits per heavy atom. The third-order valence-electron chi connectivity index (χ3n) is 2.32. The van der Waals surface area contributed by atoms with Gasteiger partial charge in [0.1, 0.15) is 10.6 Å². The number of benzene rings is 1. The highest BCUT2D eigenvalue weighted by Crippen LogP contribution is 2.38. The molecule has 0 unspecified atom stereocenters. The van der Waals surface area contributed by atoms with E-state index in [2.05, 4.69) is 6.07 Å². The maximum Gasteiger partial charge on any atom is 0.173 e. The van der Waals surface area contributed by atoms with Crippen molar-refractivity contribution in [2.75, 3.05) is 7.11 Å². The first kappa shape index (κ1) is 10.2. The van der Waals surface area contributed by atoms with Crippen molar-refractivity contribution in [2.45, 2.75) is 13.8 Å². The number of aryl methyl sites for hydroxylation is 1. The van der Waals surface area contributed by atoms with E-state index in [1.165, 1.54) is 16.9 Å². The van der Waals surface area contributed by atoms with Crippen LogP contribution in [0.1, 0.15) is 22.2 Å². The smallest absolute Gasteiger partial charge is 0.173 e. The number of methoxy groups -OCH3 is 1. The molecule has 0 amide bonds. The van der Waals surface area contributed by atoms with E-state index in [0.29, 0.717) is 10.6 Å². The molecule has 0 saturated heterocycles. The van der Waals surface area contributed by atoms with Crippen molar-refractivity contribution in [3.8, 4) is 5.75 Å². The Kier molecular flexibility index (Phi) is 2.49. The Morgan fingerprint density at radius 1 is 1.40 bits per heavy atom. The van der Waals surface area contributed by atoms with Gasteiger partial charge in [-0.3, -0.25) is 4.79 Å². The molecule has 2 aromatic rings. The van der Waals surface area contributed by atoms with E-state index in [4.69, 9.17) is 4.74 Å². The molecule has 3 heteroatoms. The first-order valence-electron chi connectivity index (χ1n) is 4.71. The summed E-state index contributed by atoms with van der Waals surface area (Å²) in [7, 11) is 1.61. The lowest BCUT2D eigenvalue weighted by Crippen LogP contribution is -1.91. The number of thiophene rings is 1. The highest BCUT2D eigenvalue weighted by Gasteiger charge is 2.15. The van der Waals surface area contributed by atoms with Gasteiger partial charge in [-0.05, 0) is 19.1 Å². The van der Waals surface area contributed by atoms with Crippen molar-refractivity contribution in [1.29, 1.82) is 0 Å². The van der Waals surface area contributed by atoms with Gasteiger partial charge >= 0.3 is 0 Å². The molecule has 2 nitrogen and oxygen atoms in total. The molecule has 0 aliphatic heterocycles. The quantitative estimate of drug-likeness (QED) is 0.725. The molecule has 0 saturated carbocycles. The lowest BCUT2D eigenvalue weighted by Gasteiger charge is -2.00. The van der Waals surface area contributed by atoms with Crippen LogP contribution in [0, 0.1) is 6.92 Å². The number of carbonyl (C=O) groups excluding carboxylic acids is 1. The van der Waals surface area contributed by atoms with Crippen LogP contribution in [0.4, 0.5) is 0 Å². The molecule has 2 rings (SSSR count). The normalized spacial score (nSPS) is 10.6. The van der Waals surface area contributed by atoms with Gasteiger partial charge < -0.3 is 4.74 Å². The molecule has 0 radical (unpaired) electrons. The average Bonchev–Trinajstić information content (AvgIpc) is 2.55. The highest BCUT2D eigenvalue weighted by atomic mass is 32.1. The minimum Gasteiger partial charge on any atom is -0.494 e. The zero-order valence-electron chi connectivity index (χ0n) is 8.96. The molecule has 0 atom stereocenters. The molecule has 0 N–H and O–H groups in total. The Hall–Kier alpha value is -1.35. The van der Waals surface area contributed by atoms with Crippen LogP contribution in [0.3, 0.4) is 0 Å². The second kappa shape index (κ2) is 3.66. The van der Waals surface area contributed by atoms with Gasteiger partial charge in [0.25, 0.3) is 0 Å². The molecule has 0 bridgehead atoms. The summed E-state index contributed by atoms with van der Waals surface area (Å²) in [6.07, 6.45) is 0.